The van der Waals surface area contributed by atoms with Crippen molar-refractivity contribution in [2.45, 2.75) is 6.92 Å². The minimum atomic E-state index is -1.13. The van der Waals surface area contributed by atoms with Crippen LogP contribution in [0, 0.1) is 6.92 Å². The minimum Gasteiger partial charge on any atom is -0.478 e. The number of nitrogens with one attached hydrogen (secondary N) is 1. The lowest BCUT2D eigenvalue weighted by Crippen LogP contribution is -2.34. The monoisotopic (exact) mass is 290 g/mol. The van der Waals surface area contributed by atoms with E-state index in [0.717, 1.165) is 16.5 Å². The van der Waals surface area contributed by atoms with Crippen LogP contribution in [0.25, 0.3) is 0 Å². The van der Waals surface area contributed by atoms with Gasteiger partial charge in [-0.05, 0) is 19.1 Å². The molecule has 0 fully saturated rings. The number of carboxylic acid groups (broad SMARTS) is 1. The van der Waals surface area contributed by atoms with Crippen LogP contribution in [0.5, 0.6) is 0 Å². The lowest BCUT2D eigenvalue weighted by atomic mass is 10.1. The maximum Gasteiger partial charge on any atom is 0.337 e. The van der Waals surface area contributed by atoms with E-state index in [0.29, 0.717) is 0 Å². The Labute approximate surface area is 120 Å². The highest BCUT2D eigenvalue weighted by molar-refractivity contribution is 6.17. The predicted octanol–water partition coefficient (Wildman–Crippen LogP) is 0.350. The van der Waals surface area contributed by atoms with Crippen LogP contribution < -0.4 is 5.32 Å². The lowest BCUT2D eigenvalue weighted by molar-refractivity contribution is -0.137. The van der Waals surface area contributed by atoms with E-state index >= 15 is 0 Å². The second-order valence-corrected chi connectivity index (χ2v) is 4.56. The van der Waals surface area contributed by atoms with Crippen molar-refractivity contribution in [1.82, 2.24) is 4.90 Å². The predicted molar refractivity (Wildman–Crippen MR) is 73.6 cm³/mol. The van der Waals surface area contributed by atoms with E-state index in [9.17, 15) is 14.4 Å². The van der Waals surface area contributed by atoms with Gasteiger partial charge in [-0.3, -0.25) is 14.5 Å². The number of imide groups is 1. The van der Waals surface area contributed by atoms with Crippen molar-refractivity contribution in [3.63, 3.8) is 0 Å². The van der Waals surface area contributed by atoms with Crippen LogP contribution in [0.1, 0.15) is 15.9 Å². The summed E-state index contributed by atoms with van der Waals surface area (Å²) in [6, 6.07) is 4.70. The highest BCUT2D eigenvalue weighted by atomic mass is 16.4. The van der Waals surface area contributed by atoms with E-state index in [2.05, 4.69) is 5.32 Å². The molecule has 0 aromatic heterocycles. The molecule has 0 spiro atoms. The fourth-order valence-corrected chi connectivity index (χ4v) is 2.00. The van der Waals surface area contributed by atoms with Crippen LogP contribution in [-0.2, 0) is 9.59 Å². The molecule has 21 heavy (non-hydrogen) atoms. The van der Waals surface area contributed by atoms with Crippen LogP contribution in [-0.4, -0.2) is 46.0 Å². The molecule has 1 aromatic carbocycles. The Morgan fingerprint density at radius 2 is 2.05 bits per heavy atom. The van der Waals surface area contributed by atoms with Gasteiger partial charge in [-0.15, -0.1) is 0 Å². The topological polar surface area (TPSA) is 107 Å². The number of hydrogen-bond acceptors (Lipinski definition) is 5. The van der Waals surface area contributed by atoms with E-state index in [4.69, 9.17) is 10.2 Å². The molecule has 2 rings (SSSR count). The number of carbonyl (C=O) groups excluding carboxylic acids is 2. The number of aliphatic hydroxyl groups excluding tert-OH is 1. The first kappa shape index (κ1) is 14.7. The molecule has 1 aliphatic rings. The second kappa shape index (κ2) is 5.76. The summed E-state index contributed by atoms with van der Waals surface area (Å²) >= 11 is 0. The van der Waals surface area contributed by atoms with Gasteiger partial charge in [-0.25, -0.2) is 4.79 Å². The van der Waals surface area contributed by atoms with Crippen molar-refractivity contribution < 1.29 is 24.6 Å². The van der Waals surface area contributed by atoms with E-state index in [1.807, 2.05) is 0 Å². The third-order valence-corrected chi connectivity index (χ3v) is 3.01. The summed E-state index contributed by atoms with van der Waals surface area (Å²) in [5, 5.41) is 20.7. The van der Waals surface area contributed by atoms with Gasteiger partial charge in [0.15, 0.2) is 0 Å². The molecule has 2 amide bonds. The number of β-amino-alcohol motifs (C(OH)–C–C–N with tert-alkyl or cyclic N) is 1. The molecule has 1 aliphatic heterocycles. The molecule has 0 atom stereocenters. The minimum absolute atomic E-state index is 0.0109. The van der Waals surface area contributed by atoms with E-state index in [1.54, 1.807) is 13.0 Å². The van der Waals surface area contributed by atoms with Gasteiger partial charge in [0.2, 0.25) is 0 Å². The standard InChI is InChI=1S/C14H14N2O5/c1-8-2-3-10(9(6-8)14(20)21)15-11-7-12(18)16(4-5-17)13(11)19/h2-3,6-7,15,17H,4-5H2,1H3,(H,20,21). The Morgan fingerprint density at radius 3 is 2.67 bits per heavy atom. The SMILES string of the molecule is Cc1ccc(NC2=CC(=O)N(CCO)C2=O)c(C(=O)O)c1. The molecule has 0 saturated heterocycles. The van der Waals surface area contributed by atoms with Gasteiger partial charge in [0.1, 0.15) is 5.70 Å². The van der Waals surface area contributed by atoms with Crippen molar-refractivity contribution >= 4 is 23.5 Å². The van der Waals surface area contributed by atoms with Crippen molar-refractivity contribution in [3.8, 4) is 0 Å². The van der Waals surface area contributed by atoms with Crippen LogP contribution in [0.15, 0.2) is 30.0 Å². The maximum atomic E-state index is 12.0. The number of anilines is 1. The number of nitrogens with zero attached hydrogens (tertiary/aromatic N) is 1. The van der Waals surface area contributed by atoms with Gasteiger partial charge in [-0.2, -0.15) is 0 Å². The molecule has 7 nitrogen and oxygen atoms in total. The fourth-order valence-electron chi connectivity index (χ4n) is 2.00. The van der Waals surface area contributed by atoms with Gasteiger partial charge in [-0.1, -0.05) is 11.6 Å². The first-order valence-corrected chi connectivity index (χ1v) is 6.23. The number of aliphatic hydroxyl groups is 1. The highest BCUT2D eigenvalue weighted by Crippen LogP contribution is 2.22. The van der Waals surface area contributed by atoms with E-state index in [1.165, 1.54) is 12.1 Å². The lowest BCUT2D eigenvalue weighted by Gasteiger charge is -2.14. The van der Waals surface area contributed by atoms with Crippen LogP contribution in [0.4, 0.5) is 5.69 Å². The quantitative estimate of drug-likeness (QED) is 0.675. The summed E-state index contributed by atoms with van der Waals surface area (Å²) in [6.07, 6.45) is 1.09. The second-order valence-electron chi connectivity index (χ2n) is 4.56. The summed E-state index contributed by atoms with van der Waals surface area (Å²) in [6.45, 7) is 1.32. The Hall–Kier alpha value is -2.67. The Kier molecular flexibility index (Phi) is 4.04. The summed E-state index contributed by atoms with van der Waals surface area (Å²) in [5.41, 5.74) is 0.991. The fraction of sp³-hybridized carbons (Fsp3) is 0.214. The number of carbonyl (C=O) groups is 3. The van der Waals surface area contributed by atoms with Gasteiger partial charge < -0.3 is 15.5 Å². The average Bonchev–Trinajstić information content (AvgIpc) is 2.68. The molecule has 0 saturated carbocycles. The normalized spacial score (nSPS) is 14.4. The van der Waals surface area contributed by atoms with Crippen LogP contribution >= 0.6 is 0 Å². The first-order chi connectivity index (χ1) is 9.93. The molecule has 0 bridgehead atoms. The molecule has 1 heterocycles. The largest absolute Gasteiger partial charge is 0.478 e. The number of benzene rings is 1. The van der Waals surface area contributed by atoms with Crippen molar-refractivity contribution in [2.75, 3.05) is 18.5 Å². The molecular formula is C14H14N2O5. The Bertz CT molecular complexity index is 651. The summed E-state index contributed by atoms with van der Waals surface area (Å²) in [4.78, 5) is 35.7. The zero-order chi connectivity index (χ0) is 15.6. The summed E-state index contributed by atoms with van der Waals surface area (Å²) in [5.74, 6) is -2.27. The number of aryl methyl sites for hydroxylation is 1. The molecule has 7 heteroatoms. The number of hydrogen-bond donors (Lipinski definition) is 3. The van der Waals surface area contributed by atoms with E-state index in [-0.39, 0.29) is 30.1 Å². The smallest absolute Gasteiger partial charge is 0.337 e. The summed E-state index contributed by atoms with van der Waals surface area (Å²) in [7, 11) is 0. The maximum absolute atomic E-state index is 12.0. The van der Waals surface area contributed by atoms with Gasteiger partial charge in [0.25, 0.3) is 11.8 Å². The highest BCUT2D eigenvalue weighted by Gasteiger charge is 2.31. The van der Waals surface area contributed by atoms with Gasteiger partial charge >= 0.3 is 5.97 Å². The molecule has 110 valence electrons. The Morgan fingerprint density at radius 1 is 1.33 bits per heavy atom. The Balaban J connectivity index is 2.28. The van der Waals surface area contributed by atoms with Gasteiger partial charge in [0.05, 0.1) is 24.4 Å². The van der Waals surface area contributed by atoms with Crippen molar-refractivity contribution in [1.29, 1.82) is 0 Å². The molecule has 3 N–H and O–H groups in total. The molecule has 0 aliphatic carbocycles. The molecule has 0 unspecified atom stereocenters. The summed E-state index contributed by atoms with van der Waals surface area (Å²) < 4.78 is 0. The third-order valence-electron chi connectivity index (χ3n) is 3.01. The van der Waals surface area contributed by atoms with Crippen molar-refractivity contribution in [2.24, 2.45) is 0 Å². The average molecular weight is 290 g/mol. The zero-order valence-electron chi connectivity index (χ0n) is 11.3. The third kappa shape index (κ3) is 2.92. The molecule has 1 aromatic rings. The van der Waals surface area contributed by atoms with Crippen LogP contribution in [0.2, 0.25) is 0 Å². The van der Waals surface area contributed by atoms with Gasteiger partial charge in [0, 0.05) is 6.08 Å². The van der Waals surface area contributed by atoms with Crippen LogP contribution in [0.3, 0.4) is 0 Å². The van der Waals surface area contributed by atoms with Crippen molar-refractivity contribution in [3.05, 3.63) is 41.1 Å². The van der Waals surface area contributed by atoms with E-state index < -0.39 is 17.8 Å². The zero-order valence-corrected chi connectivity index (χ0v) is 11.3. The number of rotatable bonds is 5. The number of aromatic carboxylic acids is 1. The number of amides is 2. The number of carboxylic acids is 1. The first-order valence-electron chi connectivity index (χ1n) is 6.23. The molecule has 0 radical (unpaired) electrons. The molecular weight excluding hydrogens is 276 g/mol.